The molecule has 0 aromatic heterocycles. The molecule has 0 saturated carbocycles. The fraction of sp³-hybridized carbons (Fsp3) is 0.211. The lowest BCUT2D eigenvalue weighted by Crippen LogP contribution is -2.29. The summed E-state index contributed by atoms with van der Waals surface area (Å²) >= 11 is 2.36. The van der Waals surface area contributed by atoms with Crippen molar-refractivity contribution in [3.63, 3.8) is 0 Å². The molecule has 0 radical (unpaired) electrons. The molecular weight excluding hydrogens is 401 g/mol. The van der Waals surface area contributed by atoms with Crippen molar-refractivity contribution in [1.29, 1.82) is 0 Å². The van der Waals surface area contributed by atoms with E-state index >= 15 is 0 Å². The maximum atomic E-state index is 11.0. The van der Waals surface area contributed by atoms with E-state index in [0.717, 1.165) is 12.0 Å². The third-order valence-electron chi connectivity index (χ3n) is 4.84. The Morgan fingerprint density at radius 2 is 1.96 bits per heavy atom. The van der Waals surface area contributed by atoms with Crippen molar-refractivity contribution >= 4 is 34.2 Å². The van der Waals surface area contributed by atoms with E-state index in [4.69, 9.17) is 5.11 Å². The molecule has 0 amide bonds. The quantitative estimate of drug-likeness (QED) is 0.545. The number of fused-ring (bicyclic) bond motifs is 3. The predicted octanol–water partition coefficient (Wildman–Crippen LogP) is 4.82. The van der Waals surface area contributed by atoms with Gasteiger partial charge >= 0.3 is 5.97 Å². The number of carboxylic acids is 1. The summed E-state index contributed by atoms with van der Waals surface area (Å²) in [6, 6.07) is 14.0. The lowest BCUT2D eigenvalue weighted by atomic mass is 9.77. The second kappa shape index (κ2) is 5.67. The van der Waals surface area contributed by atoms with Crippen molar-refractivity contribution in [1.82, 2.24) is 0 Å². The fourth-order valence-corrected chi connectivity index (χ4v) is 4.24. The molecule has 2 aromatic carbocycles. The molecule has 0 bridgehead atoms. The van der Waals surface area contributed by atoms with Crippen LogP contribution in [-0.4, -0.2) is 11.1 Å². The van der Waals surface area contributed by atoms with Gasteiger partial charge in [-0.15, -0.1) is 0 Å². The maximum absolute atomic E-state index is 11.0. The van der Waals surface area contributed by atoms with Gasteiger partial charge in [0.2, 0.25) is 0 Å². The zero-order chi connectivity index (χ0) is 16.0. The largest absolute Gasteiger partial charge is 0.478 e. The highest BCUT2D eigenvalue weighted by molar-refractivity contribution is 14.1. The molecule has 4 heteroatoms. The number of hydrogen-bond acceptors (Lipinski definition) is 2. The molecule has 0 spiro atoms. The SMILES string of the molecule is O=C(O)c1ccc([C@@H]2Nc3ccc(I)cc3[C@@H]3C=CC[C@H]32)cc1. The standard InChI is InChI=1S/C19H16INO2/c20-13-8-9-17-16(10-13)14-2-1-3-15(14)18(21-17)11-4-6-12(7-5-11)19(22)23/h1-2,4-10,14-15,18,21H,3H2,(H,22,23)/t14-,15-,18+/m1/s1. The summed E-state index contributed by atoms with van der Waals surface area (Å²) in [6.07, 6.45) is 5.64. The number of benzene rings is 2. The van der Waals surface area contributed by atoms with E-state index in [1.807, 2.05) is 12.1 Å². The Balaban J connectivity index is 1.73. The first-order chi connectivity index (χ1) is 11.1. The molecule has 3 atom stereocenters. The van der Waals surface area contributed by atoms with Gasteiger partial charge in [0.15, 0.2) is 0 Å². The number of hydrogen-bond donors (Lipinski definition) is 2. The Hall–Kier alpha value is -1.82. The van der Waals surface area contributed by atoms with E-state index in [0.29, 0.717) is 17.4 Å². The highest BCUT2D eigenvalue weighted by Gasteiger charge is 2.37. The second-order valence-corrected chi connectivity index (χ2v) is 7.38. The minimum absolute atomic E-state index is 0.213. The molecule has 23 heavy (non-hydrogen) atoms. The molecule has 1 heterocycles. The summed E-state index contributed by atoms with van der Waals surface area (Å²) in [5, 5.41) is 12.7. The Bertz CT molecular complexity index is 798. The van der Waals surface area contributed by atoms with Crippen LogP contribution in [0.15, 0.2) is 54.6 Å². The van der Waals surface area contributed by atoms with E-state index in [9.17, 15) is 4.79 Å². The maximum Gasteiger partial charge on any atom is 0.335 e. The predicted molar refractivity (Wildman–Crippen MR) is 98.9 cm³/mol. The number of rotatable bonds is 2. The molecule has 0 fully saturated rings. The highest BCUT2D eigenvalue weighted by Crippen LogP contribution is 2.49. The lowest BCUT2D eigenvalue weighted by molar-refractivity contribution is 0.0697. The van der Waals surface area contributed by atoms with Gasteiger partial charge in [-0.2, -0.15) is 0 Å². The number of halogens is 1. The van der Waals surface area contributed by atoms with Gasteiger partial charge in [0, 0.05) is 15.2 Å². The molecule has 1 aliphatic carbocycles. The minimum Gasteiger partial charge on any atom is -0.478 e. The highest BCUT2D eigenvalue weighted by atomic mass is 127. The Kier molecular flexibility index (Phi) is 3.64. The first-order valence-electron chi connectivity index (χ1n) is 7.69. The molecule has 116 valence electrons. The van der Waals surface area contributed by atoms with Gasteiger partial charge in [0.1, 0.15) is 0 Å². The van der Waals surface area contributed by atoms with Gasteiger partial charge in [-0.25, -0.2) is 4.79 Å². The van der Waals surface area contributed by atoms with Crippen LogP contribution >= 0.6 is 22.6 Å². The molecule has 3 nitrogen and oxygen atoms in total. The van der Waals surface area contributed by atoms with E-state index in [1.165, 1.54) is 14.8 Å². The van der Waals surface area contributed by atoms with Gasteiger partial charge in [-0.3, -0.25) is 0 Å². The van der Waals surface area contributed by atoms with Crippen LogP contribution < -0.4 is 5.32 Å². The van der Waals surface area contributed by atoms with Crippen LogP contribution in [0.4, 0.5) is 5.69 Å². The van der Waals surface area contributed by atoms with Gasteiger partial charge in [-0.05, 0) is 76.4 Å². The number of nitrogens with one attached hydrogen (secondary N) is 1. The van der Waals surface area contributed by atoms with Crippen LogP contribution in [0.1, 0.15) is 39.9 Å². The minimum atomic E-state index is -0.881. The van der Waals surface area contributed by atoms with Gasteiger partial charge in [0.25, 0.3) is 0 Å². The van der Waals surface area contributed by atoms with Crippen molar-refractivity contribution in [2.45, 2.75) is 18.4 Å². The number of anilines is 1. The average molecular weight is 417 g/mol. The molecule has 0 saturated heterocycles. The molecular formula is C19H16INO2. The molecule has 1 aliphatic heterocycles. The smallest absolute Gasteiger partial charge is 0.335 e. The van der Waals surface area contributed by atoms with Gasteiger partial charge < -0.3 is 10.4 Å². The Labute approximate surface area is 148 Å². The van der Waals surface area contributed by atoms with Crippen molar-refractivity contribution in [3.8, 4) is 0 Å². The summed E-state index contributed by atoms with van der Waals surface area (Å²) in [4.78, 5) is 11.0. The summed E-state index contributed by atoms with van der Waals surface area (Å²) < 4.78 is 1.26. The van der Waals surface area contributed by atoms with Crippen molar-refractivity contribution in [2.75, 3.05) is 5.32 Å². The first-order valence-corrected chi connectivity index (χ1v) is 8.77. The topological polar surface area (TPSA) is 49.3 Å². The number of aromatic carboxylic acids is 1. The van der Waals surface area contributed by atoms with Crippen LogP contribution in [0, 0.1) is 9.49 Å². The molecule has 2 N–H and O–H groups in total. The molecule has 2 aliphatic rings. The van der Waals surface area contributed by atoms with E-state index in [2.05, 4.69) is 58.3 Å². The first kappa shape index (κ1) is 14.8. The monoisotopic (exact) mass is 417 g/mol. The van der Waals surface area contributed by atoms with Crippen molar-refractivity contribution < 1.29 is 9.90 Å². The van der Waals surface area contributed by atoms with E-state index in [-0.39, 0.29) is 6.04 Å². The number of carbonyl (C=O) groups is 1. The second-order valence-electron chi connectivity index (χ2n) is 6.13. The number of carboxylic acid groups (broad SMARTS) is 1. The van der Waals surface area contributed by atoms with Crippen molar-refractivity contribution in [2.24, 2.45) is 5.92 Å². The molecule has 4 rings (SSSR count). The summed E-state index contributed by atoms with van der Waals surface area (Å²) in [7, 11) is 0. The summed E-state index contributed by atoms with van der Waals surface area (Å²) in [5.41, 5.74) is 4.04. The normalized spacial score (nSPS) is 24.7. The van der Waals surface area contributed by atoms with Crippen LogP contribution in [0.3, 0.4) is 0 Å². The van der Waals surface area contributed by atoms with Crippen LogP contribution in [-0.2, 0) is 0 Å². The number of allylic oxidation sites excluding steroid dienone is 2. The lowest BCUT2D eigenvalue weighted by Gasteiger charge is -2.37. The zero-order valence-corrected chi connectivity index (χ0v) is 14.5. The van der Waals surface area contributed by atoms with Gasteiger partial charge in [-0.1, -0.05) is 24.3 Å². The third kappa shape index (κ3) is 2.55. The van der Waals surface area contributed by atoms with Crippen LogP contribution in [0.5, 0.6) is 0 Å². The third-order valence-corrected chi connectivity index (χ3v) is 5.51. The summed E-state index contributed by atoms with van der Waals surface area (Å²) in [5.74, 6) is 0.0370. The van der Waals surface area contributed by atoms with E-state index < -0.39 is 5.97 Å². The van der Waals surface area contributed by atoms with E-state index in [1.54, 1.807) is 12.1 Å². The van der Waals surface area contributed by atoms with Crippen LogP contribution in [0.25, 0.3) is 0 Å². The van der Waals surface area contributed by atoms with Crippen LogP contribution in [0.2, 0.25) is 0 Å². The Morgan fingerprint density at radius 3 is 2.70 bits per heavy atom. The molecule has 0 unspecified atom stereocenters. The van der Waals surface area contributed by atoms with Crippen molar-refractivity contribution in [3.05, 3.63) is 74.9 Å². The summed E-state index contributed by atoms with van der Waals surface area (Å²) in [6.45, 7) is 0. The average Bonchev–Trinajstić information content (AvgIpc) is 3.04. The zero-order valence-electron chi connectivity index (χ0n) is 12.4. The Morgan fingerprint density at radius 1 is 1.17 bits per heavy atom. The fourth-order valence-electron chi connectivity index (χ4n) is 3.73. The van der Waals surface area contributed by atoms with Gasteiger partial charge in [0.05, 0.1) is 11.6 Å². The molecule has 2 aromatic rings.